The van der Waals surface area contributed by atoms with Crippen molar-refractivity contribution in [2.45, 2.75) is 18.9 Å². The SMILES string of the molecule is [2H]C([2H])([2H])NC(=O)C1CCCN1. The standard InChI is InChI=1S/C6H12N2O/c1-7-6(9)5-3-2-4-8-5/h5,8H,2-4H2,1H3,(H,7,9)/i1D3. The minimum Gasteiger partial charge on any atom is -0.358 e. The van der Waals surface area contributed by atoms with Gasteiger partial charge in [0, 0.05) is 11.1 Å². The van der Waals surface area contributed by atoms with Crippen molar-refractivity contribution in [1.82, 2.24) is 10.6 Å². The molecule has 1 aliphatic rings. The molecule has 9 heavy (non-hydrogen) atoms. The third-order valence-corrected chi connectivity index (χ3v) is 1.50. The Bertz CT molecular complexity index is 174. The van der Waals surface area contributed by atoms with E-state index in [0.29, 0.717) is 0 Å². The highest BCUT2D eigenvalue weighted by Crippen LogP contribution is 2.03. The number of carbonyl (C=O) groups excluding carboxylic acids is 1. The molecule has 0 spiro atoms. The molecule has 1 heterocycles. The first-order valence-corrected chi connectivity index (χ1v) is 3.04. The normalized spacial score (nSPS) is 32.4. The maximum atomic E-state index is 11.1. The molecule has 1 fully saturated rings. The Kier molecular flexibility index (Phi) is 1.12. The van der Waals surface area contributed by atoms with Gasteiger partial charge in [-0.3, -0.25) is 4.79 Å². The lowest BCUT2D eigenvalue weighted by Gasteiger charge is -2.05. The van der Waals surface area contributed by atoms with Gasteiger partial charge in [0.15, 0.2) is 0 Å². The molecule has 3 nitrogen and oxygen atoms in total. The summed E-state index contributed by atoms with van der Waals surface area (Å²) in [6.07, 6.45) is 1.65. The number of rotatable bonds is 1. The van der Waals surface area contributed by atoms with Crippen molar-refractivity contribution >= 4 is 5.91 Å². The summed E-state index contributed by atoms with van der Waals surface area (Å²) in [5, 5.41) is 4.88. The summed E-state index contributed by atoms with van der Waals surface area (Å²) in [6, 6.07) is -0.314. The molecular formula is C6H12N2O. The van der Waals surface area contributed by atoms with E-state index in [1.165, 1.54) is 0 Å². The predicted octanol–water partition coefficient (Wildman–Crippen LogP) is -0.516. The number of carbonyl (C=O) groups is 1. The molecule has 1 unspecified atom stereocenters. The van der Waals surface area contributed by atoms with E-state index in [0.717, 1.165) is 19.4 Å². The number of amides is 1. The molecule has 1 atom stereocenters. The van der Waals surface area contributed by atoms with Crippen LogP contribution in [0.15, 0.2) is 0 Å². The Hall–Kier alpha value is -0.570. The van der Waals surface area contributed by atoms with E-state index in [1.54, 1.807) is 0 Å². The number of hydrogen-bond acceptors (Lipinski definition) is 2. The maximum Gasteiger partial charge on any atom is 0.236 e. The van der Waals surface area contributed by atoms with Crippen LogP contribution in [0.5, 0.6) is 0 Å². The fourth-order valence-electron chi connectivity index (χ4n) is 0.995. The third-order valence-electron chi connectivity index (χ3n) is 1.50. The van der Waals surface area contributed by atoms with Crippen LogP contribution in [0.3, 0.4) is 0 Å². The van der Waals surface area contributed by atoms with E-state index < -0.39 is 12.9 Å². The third kappa shape index (κ3) is 1.42. The fraction of sp³-hybridized carbons (Fsp3) is 0.833. The minimum atomic E-state index is -2.36. The molecule has 0 aromatic heterocycles. The minimum absolute atomic E-state index is 0.314. The zero-order valence-electron chi connectivity index (χ0n) is 8.11. The lowest BCUT2D eigenvalue weighted by molar-refractivity contribution is -0.122. The van der Waals surface area contributed by atoms with Crippen LogP contribution < -0.4 is 10.6 Å². The molecule has 52 valence electrons. The predicted molar refractivity (Wildman–Crippen MR) is 35.1 cm³/mol. The zero-order valence-corrected chi connectivity index (χ0v) is 5.11. The Labute approximate surface area is 59.0 Å². The van der Waals surface area contributed by atoms with Crippen molar-refractivity contribution in [2.75, 3.05) is 13.5 Å². The van der Waals surface area contributed by atoms with Crippen LogP contribution in [-0.2, 0) is 4.79 Å². The van der Waals surface area contributed by atoms with Gasteiger partial charge < -0.3 is 10.6 Å². The van der Waals surface area contributed by atoms with Gasteiger partial charge in [-0.05, 0) is 19.4 Å². The van der Waals surface area contributed by atoms with Crippen LogP contribution in [-0.4, -0.2) is 25.5 Å². The second-order valence-corrected chi connectivity index (χ2v) is 2.14. The van der Waals surface area contributed by atoms with Gasteiger partial charge in [0.25, 0.3) is 0 Å². The van der Waals surface area contributed by atoms with Crippen LogP contribution in [0.25, 0.3) is 0 Å². The van der Waals surface area contributed by atoms with Crippen molar-refractivity contribution in [2.24, 2.45) is 0 Å². The van der Waals surface area contributed by atoms with E-state index in [4.69, 9.17) is 4.11 Å². The van der Waals surface area contributed by atoms with Gasteiger partial charge in [-0.25, -0.2) is 0 Å². The van der Waals surface area contributed by atoms with Crippen molar-refractivity contribution in [1.29, 1.82) is 0 Å². The molecule has 2 N–H and O–H groups in total. The number of hydrogen-bond donors (Lipinski definition) is 2. The zero-order chi connectivity index (χ0) is 9.19. The first-order valence-electron chi connectivity index (χ1n) is 4.54. The van der Waals surface area contributed by atoms with Gasteiger partial charge in [0.2, 0.25) is 5.91 Å². The molecular weight excluding hydrogens is 116 g/mol. The van der Waals surface area contributed by atoms with Crippen LogP contribution >= 0.6 is 0 Å². The van der Waals surface area contributed by atoms with Crippen molar-refractivity contribution in [3.05, 3.63) is 0 Å². The lowest BCUT2D eigenvalue weighted by Crippen LogP contribution is -2.38. The van der Waals surface area contributed by atoms with Gasteiger partial charge in [-0.2, -0.15) is 0 Å². The smallest absolute Gasteiger partial charge is 0.236 e. The second-order valence-electron chi connectivity index (χ2n) is 2.14. The molecule has 0 aromatic carbocycles. The van der Waals surface area contributed by atoms with Crippen molar-refractivity contribution in [3.63, 3.8) is 0 Å². The average Bonchev–Trinajstić information content (AvgIpc) is 2.32. The van der Waals surface area contributed by atoms with E-state index in [-0.39, 0.29) is 6.04 Å². The Morgan fingerprint density at radius 1 is 2.00 bits per heavy atom. The highest BCUT2D eigenvalue weighted by Gasteiger charge is 2.19. The van der Waals surface area contributed by atoms with Crippen molar-refractivity contribution < 1.29 is 8.91 Å². The van der Waals surface area contributed by atoms with Gasteiger partial charge in [-0.15, -0.1) is 0 Å². The molecule has 0 radical (unpaired) electrons. The quantitative estimate of drug-likeness (QED) is 0.503. The molecule has 1 rings (SSSR count). The molecule has 1 aliphatic heterocycles. The fourth-order valence-corrected chi connectivity index (χ4v) is 0.995. The Morgan fingerprint density at radius 2 is 2.89 bits per heavy atom. The number of likely N-dealkylation sites (N-methyl/N-ethyl adjacent to an activating group) is 1. The molecule has 0 aliphatic carbocycles. The molecule has 0 aromatic rings. The van der Waals surface area contributed by atoms with E-state index in [1.807, 2.05) is 5.32 Å². The monoisotopic (exact) mass is 131 g/mol. The van der Waals surface area contributed by atoms with Crippen LogP contribution in [0, 0.1) is 0 Å². The highest BCUT2D eigenvalue weighted by molar-refractivity contribution is 5.81. The summed E-state index contributed by atoms with van der Waals surface area (Å²) in [6.45, 7) is -1.57. The lowest BCUT2D eigenvalue weighted by atomic mass is 10.2. The summed E-state index contributed by atoms with van der Waals surface area (Å²) in [4.78, 5) is 11.1. The summed E-state index contributed by atoms with van der Waals surface area (Å²) < 4.78 is 20.4. The summed E-state index contributed by atoms with van der Waals surface area (Å²) in [7, 11) is 0. The maximum absolute atomic E-state index is 11.1. The van der Waals surface area contributed by atoms with Crippen molar-refractivity contribution in [3.8, 4) is 0 Å². The molecule has 3 heteroatoms. The molecule has 0 bridgehead atoms. The van der Waals surface area contributed by atoms with Crippen LogP contribution in [0.1, 0.15) is 17.0 Å². The van der Waals surface area contributed by atoms with E-state index in [9.17, 15) is 4.79 Å². The van der Waals surface area contributed by atoms with Gasteiger partial charge in [-0.1, -0.05) is 0 Å². The number of nitrogens with one attached hydrogen (secondary N) is 2. The largest absolute Gasteiger partial charge is 0.358 e. The Morgan fingerprint density at radius 3 is 3.44 bits per heavy atom. The first kappa shape index (κ1) is 3.56. The molecule has 1 amide bonds. The van der Waals surface area contributed by atoms with Crippen LogP contribution in [0.4, 0.5) is 0 Å². The van der Waals surface area contributed by atoms with Gasteiger partial charge >= 0.3 is 0 Å². The molecule has 0 saturated carbocycles. The first-order chi connectivity index (χ1) is 5.49. The summed E-state index contributed by atoms with van der Waals surface area (Å²) in [5.41, 5.74) is 0. The van der Waals surface area contributed by atoms with Gasteiger partial charge in [0.05, 0.1) is 6.04 Å². The second kappa shape index (κ2) is 2.82. The topological polar surface area (TPSA) is 41.1 Å². The Balaban J connectivity index is 2.37. The summed E-state index contributed by atoms with van der Waals surface area (Å²) >= 11 is 0. The summed E-state index contributed by atoms with van der Waals surface area (Å²) in [5.74, 6) is -0.424. The molecule has 1 saturated heterocycles. The van der Waals surface area contributed by atoms with Gasteiger partial charge in [0.1, 0.15) is 0 Å². The van der Waals surface area contributed by atoms with Crippen LogP contribution in [0.2, 0.25) is 0 Å². The highest BCUT2D eigenvalue weighted by atomic mass is 16.2. The average molecular weight is 131 g/mol. The van der Waals surface area contributed by atoms with E-state index >= 15 is 0 Å². The van der Waals surface area contributed by atoms with E-state index in [2.05, 4.69) is 5.32 Å².